The molecule has 2 aliphatic rings. The van der Waals surface area contributed by atoms with E-state index in [-0.39, 0.29) is 46.4 Å². The number of carbonyl (C=O) groups excluding carboxylic acids is 1. The zero-order valence-corrected chi connectivity index (χ0v) is 30.8. The van der Waals surface area contributed by atoms with Crippen molar-refractivity contribution in [1.29, 1.82) is 21.2 Å². The molecular weight excluding hydrogens is 705 g/mol. The van der Waals surface area contributed by atoms with Crippen LogP contribution in [0, 0.1) is 59.5 Å². The Balaban J connectivity index is 1.76. The Kier molecular flexibility index (Phi) is 14.4. The zero-order valence-electron chi connectivity index (χ0n) is 30.8. The molecule has 2 aromatic carbocycles. The van der Waals surface area contributed by atoms with Crippen molar-refractivity contribution >= 4 is 29.1 Å². The number of hydrogen-bond acceptors (Lipinski definition) is 8. The summed E-state index contributed by atoms with van der Waals surface area (Å²) in [6, 6.07) is 18.8. The fourth-order valence-electron chi connectivity index (χ4n) is 6.27. The zero-order chi connectivity index (χ0) is 40.6. The van der Waals surface area contributed by atoms with Crippen molar-refractivity contribution in [2.24, 2.45) is 0 Å². The monoisotopic (exact) mass is 740 g/mol. The number of allylic oxidation sites excluding steroid dienone is 14. The molecule has 1 amide bonds. The first-order valence-corrected chi connectivity index (χ1v) is 17.4. The number of nitrogens with one attached hydrogen (secondary N) is 1. The molecular formula is C44H36N8O4. The third-order valence-electron chi connectivity index (χ3n) is 8.98. The van der Waals surface area contributed by atoms with Crippen molar-refractivity contribution < 1.29 is 19.4 Å². The van der Waals surface area contributed by atoms with Gasteiger partial charge in [-0.1, -0.05) is 66.3 Å². The normalized spacial score (nSPS) is 15.9. The topological polar surface area (TPSA) is 174 Å². The molecule has 1 aliphatic carbocycles. The highest BCUT2D eigenvalue weighted by Gasteiger charge is 2.28. The van der Waals surface area contributed by atoms with Crippen LogP contribution in [0.5, 0.6) is 0 Å². The molecule has 0 bridgehead atoms. The number of piperazine rings is 1. The van der Waals surface area contributed by atoms with Crippen molar-refractivity contribution in [3.63, 3.8) is 0 Å². The van der Waals surface area contributed by atoms with Crippen molar-refractivity contribution in [3.05, 3.63) is 169 Å². The molecule has 0 saturated carbocycles. The van der Waals surface area contributed by atoms with Gasteiger partial charge in [-0.2, -0.15) is 5.26 Å². The molecule has 4 rings (SSSR count). The molecule has 12 heteroatoms. The lowest BCUT2D eigenvalue weighted by Crippen LogP contribution is -2.48. The number of carbonyl (C=O) groups is 2. The highest BCUT2D eigenvalue weighted by atomic mass is 16.6. The number of aromatic carboxylic acids is 1. The molecule has 1 fully saturated rings. The first kappa shape index (κ1) is 40.8. The molecule has 56 heavy (non-hydrogen) atoms. The smallest absolute Gasteiger partial charge is 0.409 e. The number of hydrogen-bond donors (Lipinski definition) is 2. The molecule has 2 N–H and O–H groups in total. The molecule has 12 nitrogen and oxygen atoms in total. The van der Waals surface area contributed by atoms with Gasteiger partial charge in [0.15, 0.2) is 0 Å². The highest BCUT2D eigenvalue weighted by molar-refractivity contribution is 5.94. The van der Waals surface area contributed by atoms with Crippen LogP contribution >= 0.6 is 0 Å². The van der Waals surface area contributed by atoms with Crippen LogP contribution in [0.3, 0.4) is 0 Å². The van der Waals surface area contributed by atoms with Crippen molar-refractivity contribution in [2.75, 3.05) is 32.8 Å². The van der Waals surface area contributed by atoms with Gasteiger partial charge in [-0.25, -0.2) is 29.8 Å². The SMILES string of the molecule is [C-]#[N+]C(C#N)=C(C(=C=N)/C=C/C=C1CCC(/C=C/C=C(C#N)/C(=C(\C#N)[N+]#[C-])c2ccc(C(=O)O)cc2)=C1N1CCN(C(=O)OCC)CC1)c1ccc(C)cc1. The minimum atomic E-state index is -1.14. The number of benzene rings is 2. The molecule has 1 saturated heterocycles. The third kappa shape index (κ3) is 9.73. The Morgan fingerprint density at radius 2 is 1.46 bits per heavy atom. The van der Waals surface area contributed by atoms with E-state index >= 15 is 0 Å². The summed E-state index contributed by atoms with van der Waals surface area (Å²) in [6.07, 6.45) is 11.3. The van der Waals surface area contributed by atoms with E-state index < -0.39 is 5.97 Å². The van der Waals surface area contributed by atoms with E-state index in [0.717, 1.165) is 22.4 Å². The van der Waals surface area contributed by atoms with Crippen LogP contribution in [0.15, 0.2) is 124 Å². The van der Waals surface area contributed by atoms with Crippen LogP contribution < -0.4 is 0 Å². The molecule has 276 valence electrons. The molecule has 1 aliphatic heterocycles. The molecule has 0 atom stereocenters. The van der Waals surface area contributed by atoms with Gasteiger partial charge in [0, 0.05) is 48.6 Å². The Morgan fingerprint density at radius 1 is 0.875 bits per heavy atom. The summed E-state index contributed by atoms with van der Waals surface area (Å²) in [4.78, 5) is 34.4. The fraction of sp³-hybridized carbons (Fsp3) is 0.205. The summed E-state index contributed by atoms with van der Waals surface area (Å²) < 4.78 is 5.20. The van der Waals surface area contributed by atoms with E-state index in [2.05, 4.69) is 26.5 Å². The number of aryl methyl sites for hydroxylation is 1. The van der Waals surface area contributed by atoms with E-state index in [1.165, 1.54) is 30.3 Å². The van der Waals surface area contributed by atoms with Crippen LogP contribution in [-0.2, 0) is 4.74 Å². The van der Waals surface area contributed by atoms with Crippen molar-refractivity contribution in [3.8, 4) is 18.2 Å². The Morgan fingerprint density at radius 3 is 2.02 bits per heavy atom. The van der Waals surface area contributed by atoms with Crippen molar-refractivity contribution in [2.45, 2.75) is 26.7 Å². The summed E-state index contributed by atoms with van der Waals surface area (Å²) >= 11 is 0. The summed E-state index contributed by atoms with van der Waals surface area (Å²) in [5, 5.41) is 47.0. The van der Waals surface area contributed by atoms with Gasteiger partial charge in [0.25, 0.3) is 11.4 Å². The first-order chi connectivity index (χ1) is 27.1. The average molecular weight is 741 g/mol. The summed E-state index contributed by atoms with van der Waals surface area (Å²) in [7, 11) is 0. The van der Waals surface area contributed by atoms with E-state index in [1.807, 2.05) is 43.3 Å². The summed E-state index contributed by atoms with van der Waals surface area (Å²) in [6.45, 7) is 21.0. The van der Waals surface area contributed by atoms with Crippen molar-refractivity contribution in [1.82, 2.24) is 9.80 Å². The number of ether oxygens (including phenoxy) is 1. The average Bonchev–Trinajstić information content (AvgIpc) is 3.62. The van der Waals surface area contributed by atoms with E-state index in [0.29, 0.717) is 55.7 Å². The van der Waals surface area contributed by atoms with Crippen LogP contribution in [-0.4, -0.2) is 65.6 Å². The maximum absolute atomic E-state index is 12.5. The van der Waals surface area contributed by atoms with Gasteiger partial charge in [-0.15, -0.1) is 0 Å². The predicted molar refractivity (Wildman–Crippen MR) is 211 cm³/mol. The van der Waals surface area contributed by atoms with Crippen LogP contribution in [0.2, 0.25) is 0 Å². The Hall–Kier alpha value is -7.94. The Bertz CT molecular complexity index is 2350. The number of nitrogens with zero attached hydrogens (tertiary/aromatic N) is 7. The lowest BCUT2D eigenvalue weighted by Gasteiger charge is -2.37. The van der Waals surface area contributed by atoms with Gasteiger partial charge >= 0.3 is 12.1 Å². The molecule has 0 spiro atoms. The Labute approximate surface area is 325 Å². The molecule has 0 radical (unpaired) electrons. The standard InChI is InChI=1S/C44H36N8O4/c1-5-56-44(55)52-24-22-51(23-25-52)42-33(8-6-10-36(26-45)40(38(28-47)49-3)31-14-12-30(2)13-15-31)18-19-34(42)9-7-11-37(27-46)41(39(29-48)50-4)32-16-20-35(21-17-32)43(53)54/h6-17,20-21,45H,5,18-19,22-25H2,1-2H3,(H,53,54)/b9-7+,10-6+,33-8?,37-11+,40-38?,41-39+. The number of rotatable bonds is 11. The van der Waals surface area contributed by atoms with Gasteiger partial charge in [0.05, 0.1) is 49.1 Å². The van der Waals surface area contributed by atoms with Gasteiger partial charge in [-0.05, 0) is 79.1 Å². The number of carboxylic acids is 1. The largest absolute Gasteiger partial charge is 0.478 e. The third-order valence-corrected chi connectivity index (χ3v) is 8.98. The maximum atomic E-state index is 12.5. The summed E-state index contributed by atoms with van der Waals surface area (Å²) in [5.41, 5.74) is 5.01. The van der Waals surface area contributed by atoms with E-state index in [4.69, 9.17) is 23.3 Å². The van der Waals surface area contributed by atoms with Gasteiger partial charge < -0.3 is 19.6 Å². The summed E-state index contributed by atoms with van der Waals surface area (Å²) in [5.74, 6) is 1.27. The van der Waals surface area contributed by atoms with Gasteiger partial charge in [-0.3, -0.25) is 5.41 Å². The number of carboxylic acid groups (broad SMARTS) is 1. The van der Waals surface area contributed by atoms with E-state index in [1.54, 1.807) is 42.2 Å². The van der Waals surface area contributed by atoms with Gasteiger partial charge in [0.2, 0.25) is 0 Å². The van der Waals surface area contributed by atoms with Crippen LogP contribution in [0.1, 0.15) is 46.8 Å². The second-order valence-corrected chi connectivity index (χ2v) is 12.3. The minimum absolute atomic E-state index is 0.0165. The first-order valence-electron chi connectivity index (χ1n) is 17.4. The fourth-order valence-corrected chi connectivity index (χ4v) is 6.27. The van der Waals surface area contributed by atoms with Gasteiger partial charge in [0.1, 0.15) is 0 Å². The lowest BCUT2D eigenvalue weighted by atomic mass is 9.95. The maximum Gasteiger partial charge on any atom is 0.409 e. The van der Waals surface area contributed by atoms with Crippen LogP contribution in [0.4, 0.5) is 4.79 Å². The molecule has 0 aromatic heterocycles. The molecule has 0 unspecified atom stereocenters. The number of nitriles is 3. The highest BCUT2D eigenvalue weighted by Crippen LogP contribution is 2.36. The van der Waals surface area contributed by atoms with Crippen LogP contribution in [0.25, 0.3) is 20.8 Å². The lowest BCUT2D eigenvalue weighted by molar-refractivity contribution is 0.0696. The second kappa shape index (κ2) is 19.8. The molecule has 2 aromatic rings. The second-order valence-electron chi connectivity index (χ2n) is 12.3. The van der Waals surface area contributed by atoms with E-state index in [9.17, 15) is 30.5 Å². The predicted octanol–water partition coefficient (Wildman–Crippen LogP) is 8.19. The quantitative estimate of drug-likeness (QED) is 0.100. The molecule has 1 heterocycles. The number of amides is 1. The minimum Gasteiger partial charge on any atom is -0.478 e.